The van der Waals surface area contributed by atoms with Crippen molar-refractivity contribution < 1.29 is 14.6 Å². The number of pyridine rings is 1. The number of nitrogens with zero attached hydrogens (tertiary/aromatic N) is 2. The van der Waals surface area contributed by atoms with Crippen LogP contribution in [-0.2, 0) is 0 Å². The fraction of sp³-hybridized carbons (Fsp3) is 0.231. The van der Waals surface area contributed by atoms with E-state index in [1.165, 1.54) is 0 Å². The van der Waals surface area contributed by atoms with E-state index in [1.807, 2.05) is 41.4 Å². The summed E-state index contributed by atoms with van der Waals surface area (Å²) in [5.41, 5.74) is 4.78. The quantitative estimate of drug-likeness (QED) is 0.475. The second kappa shape index (κ2) is 8.04. The second-order valence-corrected chi connectivity index (χ2v) is 8.40. The van der Waals surface area contributed by atoms with Gasteiger partial charge < -0.3 is 19.7 Å². The molecule has 0 radical (unpaired) electrons. The van der Waals surface area contributed by atoms with Crippen LogP contribution in [-0.4, -0.2) is 46.1 Å². The summed E-state index contributed by atoms with van der Waals surface area (Å²) in [5.74, 6) is 1.15. The molecule has 32 heavy (non-hydrogen) atoms. The predicted octanol–water partition coefficient (Wildman–Crippen LogP) is 5.09. The van der Waals surface area contributed by atoms with Crippen LogP contribution in [0.15, 0.2) is 60.9 Å². The molecule has 1 aliphatic rings. The number of likely N-dealkylation sites (tertiary alicyclic amines) is 1. The van der Waals surface area contributed by atoms with E-state index in [1.54, 1.807) is 25.4 Å². The normalized spacial score (nSPS) is 15.9. The third-order valence-electron chi connectivity index (χ3n) is 6.20. The minimum absolute atomic E-state index is 0.00342. The van der Waals surface area contributed by atoms with Crippen LogP contribution in [0.2, 0.25) is 0 Å². The molecule has 2 N–H and O–H groups in total. The minimum atomic E-state index is -0.126. The molecule has 1 unspecified atom stereocenters. The molecular weight excluding hydrogens is 402 g/mol. The van der Waals surface area contributed by atoms with Gasteiger partial charge >= 0.3 is 0 Å². The Morgan fingerprint density at radius 3 is 2.78 bits per heavy atom. The van der Waals surface area contributed by atoms with Gasteiger partial charge in [-0.25, -0.2) is 4.98 Å². The van der Waals surface area contributed by atoms with E-state index >= 15 is 0 Å². The molecular formula is C26H25N3O3. The lowest BCUT2D eigenvalue weighted by Crippen LogP contribution is -2.28. The molecule has 0 spiro atoms. The summed E-state index contributed by atoms with van der Waals surface area (Å²) in [4.78, 5) is 22.6. The number of H-pyrrole nitrogens is 1. The zero-order valence-electron chi connectivity index (χ0n) is 18.1. The Labute approximate surface area is 186 Å². The monoisotopic (exact) mass is 427 g/mol. The van der Waals surface area contributed by atoms with E-state index in [4.69, 9.17) is 4.74 Å². The number of ether oxygens (including phenoxy) is 1. The Bertz CT molecular complexity index is 1310. The van der Waals surface area contributed by atoms with Crippen molar-refractivity contribution in [3.05, 3.63) is 66.5 Å². The topological polar surface area (TPSA) is 78.5 Å². The van der Waals surface area contributed by atoms with Gasteiger partial charge in [0.05, 0.1) is 12.7 Å². The molecule has 3 heterocycles. The number of rotatable bonds is 4. The predicted molar refractivity (Wildman–Crippen MR) is 125 cm³/mol. The van der Waals surface area contributed by atoms with Crippen molar-refractivity contribution in [3.63, 3.8) is 0 Å². The first-order valence-electron chi connectivity index (χ1n) is 10.8. The number of nitrogens with one attached hydrogen (secondary N) is 1. The Morgan fingerprint density at radius 1 is 1.16 bits per heavy atom. The molecule has 2 aromatic heterocycles. The number of amides is 1. The average molecular weight is 428 g/mol. The lowest BCUT2D eigenvalue weighted by molar-refractivity contribution is 0.0785. The Morgan fingerprint density at radius 2 is 2.00 bits per heavy atom. The molecule has 0 bridgehead atoms. The van der Waals surface area contributed by atoms with Crippen LogP contribution in [0.1, 0.15) is 23.7 Å². The van der Waals surface area contributed by atoms with E-state index in [0.29, 0.717) is 11.5 Å². The van der Waals surface area contributed by atoms with Crippen molar-refractivity contribution >= 4 is 16.9 Å². The van der Waals surface area contributed by atoms with Gasteiger partial charge in [0.25, 0.3) is 5.91 Å². The van der Waals surface area contributed by atoms with Crippen molar-refractivity contribution in [1.29, 1.82) is 0 Å². The SMILES string of the molecule is COc1ccccc1-c1c[nH]c2ncc(-c3ccc(O)c(C(=O)N4CCC(C)C4)c3)cc12. The number of phenolic OH excluding ortho intramolecular Hbond substituents is 1. The molecule has 4 aromatic rings. The van der Waals surface area contributed by atoms with E-state index in [-0.39, 0.29) is 11.7 Å². The number of phenols is 1. The van der Waals surface area contributed by atoms with Gasteiger partial charge in [0.15, 0.2) is 0 Å². The summed E-state index contributed by atoms with van der Waals surface area (Å²) in [7, 11) is 1.66. The molecule has 1 aliphatic heterocycles. The number of para-hydroxylation sites is 1. The highest BCUT2D eigenvalue weighted by Crippen LogP contribution is 2.36. The number of aromatic amines is 1. The molecule has 1 atom stereocenters. The first-order valence-corrected chi connectivity index (χ1v) is 10.8. The molecule has 1 saturated heterocycles. The van der Waals surface area contributed by atoms with Crippen LogP contribution in [0.3, 0.4) is 0 Å². The maximum Gasteiger partial charge on any atom is 0.257 e. The van der Waals surface area contributed by atoms with Gasteiger partial charge in [-0.3, -0.25) is 4.79 Å². The largest absolute Gasteiger partial charge is 0.507 e. The lowest BCUT2D eigenvalue weighted by atomic mass is 10.00. The smallest absolute Gasteiger partial charge is 0.257 e. The second-order valence-electron chi connectivity index (χ2n) is 8.40. The summed E-state index contributed by atoms with van der Waals surface area (Å²) in [6.07, 6.45) is 4.70. The van der Waals surface area contributed by atoms with Gasteiger partial charge in [-0.1, -0.05) is 31.2 Å². The summed E-state index contributed by atoms with van der Waals surface area (Å²) in [6.45, 7) is 3.59. The highest BCUT2D eigenvalue weighted by Gasteiger charge is 2.26. The number of benzene rings is 2. The molecule has 6 heteroatoms. The maximum absolute atomic E-state index is 13.0. The molecule has 1 amide bonds. The molecule has 162 valence electrons. The zero-order valence-corrected chi connectivity index (χ0v) is 18.1. The number of aromatic nitrogens is 2. The van der Waals surface area contributed by atoms with E-state index in [0.717, 1.165) is 58.5 Å². The van der Waals surface area contributed by atoms with Gasteiger partial charge in [0.2, 0.25) is 0 Å². The number of hydrogen-bond donors (Lipinski definition) is 2. The fourth-order valence-electron chi connectivity index (χ4n) is 4.43. The van der Waals surface area contributed by atoms with Crippen molar-refractivity contribution in [3.8, 4) is 33.8 Å². The van der Waals surface area contributed by atoms with Gasteiger partial charge in [-0.15, -0.1) is 0 Å². The molecule has 0 saturated carbocycles. The van der Waals surface area contributed by atoms with Gasteiger partial charge in [0, 0.05) is 47.6 Å². The average Bonchev–Trinajstić information content (AvgIpc) is 3.44. The third kappa shape index (κ3) is 3.47. The molecule has 0 aliphatic carbocycles. The number of carbonyl (C=O) groups excluding carboxylic acids is 1. The Kier molecular flexibility index (Phi) is 5.05. The fourth-order valence-corrected chi connectivity index (χ4v) is 4.43. The number of aromatic hydroxyl groups is 1. The Hall–Kier alpha value is -3.80. The summed E-state index contributed by atoms with van der Waals surface area (Å²) in [5, 5.41) is 11.3. The summed E-state index contributed by atoms with van der Waals surface area (Å²) in [6, 6.07) is 15.1. The van der Waals surface area contributed by atoms with E-state index < -0.39 is 0 Å². The zero-order chi connectivity index (χ0) is 22.2. The summed E-state index contributed by atoms with van der Waals surface area (Å²) < 4.78 is 5.54. The highest BCUT2D eigenvalue weighted by molar-refractivity contribution is 6.00. The van der Waals surface area contributed by atoms with Gasteiger partial charge in [-0.05, 0) is 42.2 Å². The minimum Gasteiger partial charge on any atom is -0.507 e. The number of hydrogen-bond acceptors (Lipinski definition) is 4. The third-order valence-corrected chi connectivity index (χ3v) is 6.20. The maximum atomic E-state index is 13.0. The van der Waals surface area contributed by atoms with Crippen LogP contribution in [0.25, 0.3) is 33.3 Å². The van der Waals surface area contributed by atoms with Crippen LogP contribution in [0.5, 0.6) is 11.5 Å². The highest BCUT2D eigenvalue weighted by atomic mass is 16.5. The number of methoxy groups -OCH3 is 1. The molecule has 2 aromatic carbocycles. The van der Waals surface area contributed by atoms with E-state index in [9.17, 15) is 9.90 Å². The van der Waals surface area contributed by atoms with Crippen LogP contribution < -0.4 is 4.74 Å². The standard InChI is InChI=1S/C26H25N3O3/c1-16-9-10-29(15-16)26(31)21-11-17(7-8-23(21)30)18-12-20-22(14-28-25(20)27-13-18)19-5-3-4-6-24(19)32-2/h3-8,11-14,16,30H,9-10,15H2,1-2H3,(H,27,28). The van der Waals surface area contributed by atoms with Crippen LogP contribution in [0, 0.1) is 5.92 Å². The number of fused-ring (bicyclic) bond motifs is 1. The van der Waals surface area contributed by atoms with Crippen molar-refractivity contribution in [2.75, 3.05) is 20.2 Å². The first kappa shape index (κ1) is 20.1. The van der Waals surface area contributed by atoms with Gasteiger partial charge in [0.1, 0.15) is 17.1 Å². The molecule has 1 fully saturated rings. The molecule has 5 rings (SSSR count). The Balaban J connectivity index is 1.56. The van der Waals surface area contributed by atoms with Crippen molar-refractivity contribution in [2.24, 2.45) is 5.92 Å². The number of carbonyl (C=O) groups is 1. The van der Waals surface area contributed by atoms with E-state index in [2.05, 4.69) is 23.0 Å². The van der Waals surface area contributed by atoms with Crippen LogP contribution >= 0.6 is 0 Å². The lowest BCUT2D eigenvalue weighted by Gasteiger charge is -2.17. The van der Waals surface area contributed by atoms with Gasteiger partial charge in [-0.2, -0.15) is 0 Å². The van der Waals surface area contributed by atoms with Crippen molar-refractivity contribution in [1.82, 2.24) is 14.9 Å². The van der Waals surface area contributed by atoms with Crippen molar-refractivity contribution in [2.45, 2.75) is 13.3 Å². The first-order chi connectivity index (χ1) is 15.5. The summed E-state index contributed by atoms with van der Waals surface area (Å²) >= 11 is 0. The van der Waals surface area contributed by atoms with Crippen LogP contribution in [0.4, 0.5) is 0 Å². The molecule has 6 nitrogen and oxygen atoms in total.